The summed E-state index contributed by atoms with van der Waals surface area (Å²) in [7, 11) is 2.28. The van der Waals surface area contributed by atoms with Crippen LogP contribution in [0.3, 0.4) is 0 Å². The minimum atomic E-state index is 0.799. The number of aryl methyl sites for hydroxylation is 1. The van der Waals surface area contributed by atoms with Crippen LogP contribution in [0.5, 0.6) is 0 Å². The van der Waals surface area contributed by atoms with E-state index < -0.39 is 0 Å². The standard InChI is InChI=1S/C21H26N6OS/c1-25-5-7-26(8-6-25)20-18-17(22-13-23-20)16-14-3-2-4-15(14)19(24-21(16)29-18)27-9-11-28-12-10-27/h13H,2-12H2,1H3/p+2. The molecule has 0 bridgehead atoms. The van der Waals surface area contributed by atoms with Gasteiger partial charge < -0.3 is 14.5 Å². The Labute approximate surface area is 174 Å². The fraction of sp³-hybridized carbons (Fsp3) is 0.571. The maximum absolute atomic E-state index is 5.58. The number of rotatable bonds is 2. The normalized spacial score (nSPS) is 20.7. The lowest BCUT2D eigenvalue weighted by Gasteiger charge is -2.29. The number of thiophene rings is 1. The van der Waals surface area contributed by atoms with Gasteiger partial charge in [-0.25, -0.2) is 9.97 Å². The van der Waals surface area contributed by atoms with Crippen molar-refractivity contribution in [3.8, 4) is 0 Å². The molecule has 3 aliphatic rings. The molecule has 0 aromatic carbocycles. The van der Waals surface area contributed by atoms with E-state index in [1.807, 2.05) is 17.7 Å². The first kappa shape index (κ1) is 17.8. The van der Waals surface area contributed by atoms with Crippen LogP contribution in [0, 0.1) is 0 Å². The Bertz CT molecular complexity index is 1070. The molecule has 152 valence electrons. The number of hydrogen-bond donors (Lipinski definition) is 1. The fourth-order valence-corrected chi connectivity index (χ4v) is 6.27. The Kier molecular flexibility index (Phi) is 4.32. The molecule has 3 aromatic rings. The minimum absolute atomic E-state index is 0.799. The Morgan fingerprint density at radius 2 is 1.86 bits per heavy atom. The molecule has 1 aliphatic carbocycles. The Morgan fingerprint density at radius 3 is 2.69 bits per heavy atom. The van der Waals surface area contributed by atoms with Crippen LogP contribution in [-0.2, 0) is 17.6 Å². The van der Waals surface area contributed by atoms with E-state index in [9.17, 15) is 0 Å². The van der Waals surface area contributed by atoms with Crippen molar-refractivity contribution in [2.75, 3.05) is 69.3 Å². The number of anilines is 2. The van der Waals surface area contributed by atoms with Gasteiger partial charge in [-0.15, -0.1) is 16.3 Å². The number of H-pyrrole nitrogens is 1. The lowest BCUT2D eigenvalue weighted by atomic mass is 10.1. The van der Waals surface area contributed by atoms with Gasteiger partial charge in [-0.2, -0.15) is 0 Å². The van der Waals surface area contributed by atoms with E-state index in [2.05, 4.69) is 21.8 Å². The first-order valence-electron chi connectivity index (χ1n) is 10.8. The molecule has 5 heterocycles. The van der Waals surface area contributed by atoms with E-state index in [0.717, 1.165) is 62.6 Å². The van der Waals surface area contributed by atoms with Gasteiger partial charge in [0.05, 0.1) is 25.6 Å². The second kappa shape index (κ2) is 7.04. The second-order valence-corrected chi connectivity index (χ2v) is 9.50. The number of morpholine rings is 1. The van der Waals surface area contributed by atoms with Gasteiger partial charge in [0.15, 0.2) is 5.52 Å². The number of quaternary nitrogens is 1. The second-order valence-electron chi connectivity index (χ2n) is 8.50. The SMILES string of the molecule is C[NH+]1CCN(c2[nH+]cnc3c2sc2nc(N4CCOCC4)c4c(c23)CCC4)CC1. The Hall–Kier alpha value is -2.03. The van der Waals surface area contributed by atoms with Gasteiger partial charge in [0, 0.05) is 13.1 Å². The molecular formula is C21H28N6OS+2. The third-order valence-electron chi connectivity index (χ3n) is 6.72. The molecule has 2 N–H and O–H groups in total. The summed E-state index contributed by atoms with van der Waals surface area (Å²) >= 11 is 1.82. The van der Waals surface area contributed by atoms with Crippen molar-refractivity contribution in [3.63, 3.8) is 0 Å². The third-order valence-corrected chi connectivity index (χ3v) is 7.79. The molecule has 6 rings (SSSR count). The van der Waals surface area contributed by atoms with E-state index in [1.54, 1.807) is 4.90 Å². The molecular weight excluding hydrogens is 384 g/mol. The van der Waals surface area contributed by atoms with Crippen LogP contribution >= 0.6 is 11.3 Å². The molecule has 0 radical (unpaired) electrons. The number of piperazine rings is 1. The molecule has 29 heavy (non-hydrogen) atoms. The number of aromatic amines is 1. The molecule has 2 fully saturated rings. The van der Waals surface area contributed by atoms with E-state index in [4.69, 9.17) is 14.7 Å². The molecule has 8 heteroatoms. The van der Waals surface area contributed by atoms with Crippen molar-refractivity contribution in [1.29, 1.82) is 0 Å². The zero-order chi connectivity index (χ0) is 19.4. The largest absolute Gasteiger partial charge is 0.378 e. The summed E-state index contributed by atoms with van der Waals surface area (Å²) in [5.74, 6) is 2.43. The Balaban J connectivity index is 1.52. The average Bonchev–Trinajstić information content (AvgIpc) is 3.38. The molecule has 0 amide bonds. The van der Waals surface area contributed by atoms with Gasteiger partial charge in [0.25, 0.3) is 0 Å². The van der Waals surface area contributed by atoms with E-state index in [1.165, 1.54) is 52.4 Å². The predicted octanol–water partition coefficient (Wildman–Crippen LogP) is 0.319. The van der Waals surface area contributed by atoms with Gasteiger partial charge in [-0.3, -0.25) is 4.90 Å². The van der Waals surface area contributed by atoms with Crippen LogP contribution in [0.15, 0.2) is 6.33 Å². The predicted molar refractivity (Wildman–Crippen MR) is 115 cm³/mol. The van der Waals surface area contributed by atoms with Gasteiger partial charge in [0.2, 0.25) is 12.1 Å². The number of aromatic nitrogens is 3. The lowest BCUT2D eigenvalue weighted by molar-refractivity contribution is -0.880. The molecule has 7 nitrogen and oxygen atoms in total. The van der Waals surface area contributed by atoms with Gasteiger partial charge >= 0.3 is 0 Å². The summed E-state index contributed by atoms with van der Waals surface area (Å²) in [5, 5.41) is 1.31. The Morgan fingerprint density at radius 1 is 1.07 bits per heavy atom. The number of hydrogen-bond acceptors (Lipinski definition) is 6. The number of ether oxygens (including phenoxy) is 1. The van der Waals surface area contributed by atoms with Gasteiger partial charge in [-0.1, -0.05) is 0 Å². The van der Waals surface area contributed by atoms with Gasteiger partial charge in [-0.05, 0) is 30.4 Å². The maximum atomic E-state index is 5.58. The quantitative estimate of drug-likeness (QED) is 0.657. The summed E-state index contributed by atoms with van der Waals surface area (Å²) in [5.41, 5.74) is 4.10. The van der Waals surface area contributed by atoms with Crippen molar-refractivity contribution in [2.45, 2.75) is 19.3 Å². The zero-order valence-electron chi connectivity index (χ0n) is 17.0. The highest BCUT2D eigenvalue weighted by Gasteiger charge is 2.31. The number of nitrogens with zero attached hydrogens (tertiary/aromatic N) is 4. The number of pyridine rings is 1. The summed E-state index contributed by atoms with van der Waals surface area (Å²) in [6, 6.07) is 0. The van der Waals surface area contributed by atoms with Crippen LogP contribution in [0.25, 0.3) is 20.4 Å². The lowest BCUT2D eigenvalue weighted by Crippen LogP contribution is -3.12. The van der Waals surface area contributed by atoms with E-state index in [-0.39, 0.29) is 0 Å². The maximum Gasteiger partial charge on any atom is 0.243 e. The van der Waals surface area contributed by atoms with Crippen molar-refractivity contribution >= 4 is 43.4 Å². The monoisotopic (exact) mass is 412 g/mol. The zero-order valence-corrected chi connectivity index (χ0v) is 17.8. The molecule has 0 spiro atoms. The summed E-state index contributed by atoms with van der Waals surface area (Å²) in [6.45, 7) is 8.00. The van der Waals surface area contributed by atoms with E-state index >= 15 is 0 Å². The van der Waals surface area contributed by atoms with Crippen LogP contribution in [0.2, 0.25) is 0 Å². The van der Waals surface area contributed by atoms with Crippen molar-refractivity contribution in [1.82, 2.24) is 9.97 Å². The third kappa shape index (κ3) is 2.88. The van der Waals surface area contributed by atoms with Gasteiger partial charge in [0.1, 0.15) is 41.5 Å². The summed E-state index contributed by atoms with van der Waals surface area (Å²) < 4.78 is 6.84. The molecule has 0 saturated carbocycles. The number of likely N-dealkylation sites (N-methyl/N-ethyl adjacent to an activating group) is 1. The first-order chi connectivity index (χ1) is 14.3. The van der Waals surface area contributed by atoms with Crippen LogP contribution in [0.4, 0.5) is 11.6 Å². The van der Waals surface area contributed by atoms with Crippen LogP contribution in [0.1, 0.15) is 17.5 Å². The highest BCUT2D eigenvalue weighted by molar-refractivity contribution is 7.26. The van der Waals surface area contributed by atoms with E-state index in [0.29, 0.717) is 0 Å². The van der Waals surface area contributed by atoms with Crippen LogP contribution < -0.4 is 19.7 Å². The minimum Gasteiger partial charge on any atom is -0.378 e. The summed E-state index contributed by atoms with van der Waals surface area (Å²) in [6.07, 6.45) is 5.38. The number of fused-ring (bicyclic) bond motifs is 5. The molecule has 3 aromatic heterocycles. The molecule has 2 saturated heterocycles. The van der Waals surface area contributed by atoms with Crippen LogP contribution in [-0.4, -0.2) is 69.5 Å². The number of nitrogens with one attached hydrogen (secondary N) is 2. The van der Waals surface area contributed by atoms with Crippen molar-refractivity contribution in [2.24, 2.45) is 0 Å². The molecule has 2 aliphatic heterocycles. The smallest absolute Gasteiger partial charge is 0.243 e. The fourth-order valence-electron chi connectivity index (χ4n) is 5.08. The molecule has 0 atom stereocenters. The topological polar surface area (TPSA) is 60.1 Å². The summed E-state index contributed by atoms with van der Waals surface area (Å²) in [4.78, 5) is 21.2. The van der Waals surface area contributed by atoms with Crippen molar-refractivity contribution < 1.29 is 14.6 Å². The molecule has 0 unspecified atom stereocenters. The average molecular weight is 413 g/mol. The van der Waals surface area contributed by atoms with Crippen molar-refractivity contribution in [3.05, 3.63) is 17.5 Å². The highest BCUT2D eigenvalue weighted by Crippen LogP contribution is 2.43. The highest BCUT2D eigenvalue weighted by atomic mass is 32.1. The first-order valence-corrected chi connectivity index (χ1v) is 11.6.